The normalized spacial score (nSPS) is 10.5. The molecule has 0 aliphatic carbocycles. The van der Waals surface area contributed by atoms with Gasteiger partial charge in [0, 0.05) is 22.5 Å². The van der Waals surface area contributed by atoms with Crippen molar-refractivity contribution in [2.45, 2.75) is 30.6 Å². The second-order valence-electron chi connectivity index (χ2n) is 5.28. The molecule has 0 radical (unpaired) electrons. The Balaban J connectivity index is 2.34. The van der Waals surface area contributed by atoms with Crippen LogP contribution in [-0.2, 0) is 0 Å². The van der Waals surface area contributed by atoms with Crippen molar-refractivity contribution >= 4 is 46.7 Å². The van der Waals surface area contributed by atoms with E-state index in [0.717, 1.165) is 9.79 Å². The molecule has 0 aromatic heterocycles. The average molecular weight is 369 g/mol. The zero-order chi connectivity index (χ0) is 17.1. The van der Waals surface area contributed by atoms with E-state index >= 15 is 0 Å². The molecule has 0 fully saturated rings. The van der Waals surface area contributed by atoms with Crippen molar-refractivity contribution < 1.29 is 4.79 Å². The fraction of sp³-hybridized carbons (Fsp3) is 0.235. The largest absolute Gasteiger partial charge is 0.341 e. The smallest absolute Gasteiger partial charge is 0.318 e. The van der Waals surface area contributed by atoms with Gasteiger partial charge in [-0.15, -0.1) is 0 Å². The molecule has 0 saturated heterocycles. The molecule has 6 heteroatoms. The van der Waals surface area contributed by atoms with Crippen LogP contribution in [0.1, 0.15) is 16.7 Å². The van der Waals surface area contributed by atoms with Gasteiger partial charge in [-0.1, -0.05) is 41.0 Å². The van der Waals surface area contributed by atoms with Gasteiger partial charge in [0.05, 0.1) is 10.0 Å². The summed E-state index contributed by atoms with van der Waals surface area (Å²) < 4.78 is 0. The number of nitrogens with one attached hydrogen (secondary N) is 2. The lowest BCUT2D eigenvalue weighted by atomic mass is 10.1. The van der Waals surface area contributed by atoms with Crippen molar-refractivity contribution in [2.75, 3.05) is 12.4 Å². The first kappa shape index (κ1) is 18.0. The topological polar surface area (TPSA) is 41.1 Å². The SMILES string of the molecule is CNC(=O)Nc1cc(Cl)c(Sc2cc(C)c(C)cc2C)c(Cl)c1. The molecule has 2 rings (SSSR count). The van der Waals surface area contributed by atoms with E-state index in [2.05, 4.69) is 43.5 Å². The summed E-state index contributed by atoms with van der Waals surface area (Å²) in [6.07, 6.45) is 0. The number of rotatable bonds is 3. The highest BCUT2D eigenvalue weighted by Gasteiger charge is 2.13. The lowest BCUT2D eigenvalue weighted by Crippen LogP contribution is -2.24. The molecule has 0 aliphatic rings. The molecule has 2 aromatic rings. The lowest BCUT2D eigenvalue weighted by molar-refractivity contribution is 0.254. The third-order valence-electron chi connectivity index (χ3n) is 3.49. The van der Waals surface area contributed by atoms with Crippen LogP contribution in [0.25, 0.3) is 0 Å². The van der Waals surface area contributed by atoms with Gasteiger partial charge < -0.3 is 10.6 Å². The van der Waals surface area contributed by atoms with Gasteiger partial charge >= 0.3 is 6.03 Å². The van der Waals surface area contributed by atoms with Gasteiger partial charge in [-0.05, 0) is 55.7 Å². The van der Waals surface area contributed by atoms with Gasteiger partial charge in [0.15, 0.2) is 0 Å². The summed E-state index contributed by atoms with van der Waals surface area (Å²) in [7, 11) is 1.55. The quantitative estimate of drug-likeness (QED) is 0.716. The number of carbonyl (C=O) groups is 1. The van der Waals surface area contributed by atoms with Gasteiger partial charge in [-0.2, -0.15) is 0 Å². The van der Waals surface area contributed by atoms with Gasteiger partial charge in [-0.3, -0.25) is 0 Å². The van der Waals surface area contributed by atoms with Gasteiger partial charge in [0.2, 0.25) is 0 Å². The fourth-order valence-corrected chi connectivity index (χ4v) is 3.78. The number of urea groups is 1. The maximum atomic E-state index is 11.4. The first-order valence-corrected chi connectivity index (χ1v) is 8.62. The van der Waals surface area contributed by atoms with Crippen LogP contribution < -0.4 is 10.6 Å². The van der Waals surface area contributed by atoms with Crippen molar-refractivity contribution in [1.29, 1.82) is 0 Å². The molecular formula is C17H18Cl2N2OS. The van der Waals surface area contributed by atoms with Gasteiger partial charge in [-0.25, -0.2) is 4.79 Å². The Morgan fingerprint density at radius 1 is 0.957 bits per heavy atom. The molecule has 0 atom stereocenters. The minimum absolute atomic E-state index is 0.317. The minimum atomic E-state index is -0.317. The molecule has 0 aliphatic heterocycles. The van der Waals surface area contributed by atoms with E-state index in [1.165, 1.54) is 28.5 Å². The van der Waals surface area contributed by atoms with Crippen molar-refractivity contribution in [3.8, 4) is 0 Å². The summed E-state index contributed by atoms with van der Waals surface area (Å²) in [4.78, 5) is 13.3. The second-order valence-corrected chi connectivity index (χ2v) is 7.14. The lowest BCUT2D eigenvalue weighted by Gasteiger charge is -2.13. The molecular weight excluding hydrogens is 351 g/mol. The van der Waals surface area contributed by atoms with E-state index in [0.29, 0.717) is 15.7 Å². The molecule has 3 nitrogen and oxygen atoms in total. The maximum absolute atomic E-state index is 11.4. The Morgan fingerprint density at radius 2 is 1.52 bits per heavy atom. The van der Waals surface area contributed by atoms with Crippen molar-refractivity contribution in [3.05, 3.63) is 51.0 Å². The molecule has 0 saturated carbocycles. The van der Waals surface area contributed by atoms with Crippen LogP contribution in [0.5, 0.6) is 0 Å². The molecule has 0 unspecified atom stereocenters. The Labute approximate surface area is 150 Å². The Bertz CT molecular complexity index is 739. The van der Waals surface area contributed by atoms with E-state index < -0.39 is 0 Å². The van der Waals surface area contributed by atoms with E-state index in [-0.39, 0.29) is 6.03 Å². The van der Waals surface area contributed by atoms with Crippen LogP contribution in [0, 0.1) is 20.8 Å². The van der Waals surface area contributed by atoms with Crippen molar-refractivity contribution in [1.82, 2.24) is 5.32 Å². The van der Waals surface area contributed by atoms with E-state index in [4.69, 9.17) is 23.2 Å². The van der Waals surface area contributed by atoms with Gasteiger partial charge in [0.25, 0.3) is 0 Å². The van der Waals surface area contributed by atoms with Crippen LogP contribution in [0.4, 0.5) is 10.5 Å². The van der Waals surface area contributed by atoms with Crippen molar-refractivity contribution in [3.63, 3.8) is 0 Å². The zero-order valence-corrected chi connectivity index (χ0v) is 15.7. The zero-order valence-electron chi connectivity index (χ0n) is 13.4. The maximum Gasteiger partial charge on any atom is 0.318 e. The second kappa shape index (κ2) is 7.47. The standard InChI is InChI=1S/C17H18Cl2N2OS/c1-9-5-11(3)15(6-10(9)2)23-16-13(18)7-12(8-14(16)19)21-17(22)20-4/h5-8H,1-4H3,(H2,20,21,22). The number of amides is 2. The third-order valence-corrected chi connectivity index (χ3v) is 5.61. The summed E-state index contributed by atoms with van der Waals surface area (Å²) >= 11 is 14.2. The van der Waals surface area contributed by atoms with E-state index in [9.17, 15) is 4.79 Å². The number of anilines is 1. The molecule has 2 N–H and O–H groups in total. The summed E-state index contributed by atoms with van der Waals surface area (Å²) in [6, 6.07) is 7.37. The highest BCUT2D eigenvalue weighted by molar-refractivity contribution is 7.99. The summed E-state index contributed by atoms with van der Waals surface area (Å²) in [5, 5.41) is 6.16. The van der Waals surface area contributed by atoms with Gasteiger partial charge in [0.1, 0.15) is 0 Å². The summed E-state index contributed by atoms with van der Waals surface area (Å²) in [6.45, 7) is 6.24. The highest BCUT2D eigenvalue weighted by atomic mass is 35.5. The number of carbonyl (C=O) groups excluding carboxylic acids is 1. The Hall–Kier alpha value is -1.36. The number of hydrogen-bond donors (Lipinski definition) is 2. The summed E-state index contributed by atoms with van der Waals surface area (Å²) in [5.74, 6) is 0. The first-order valence-electron chi connectivity index (χ1n) is 7.05. The van der Waals surface area contributed by atoms with Crippen LogP contribution in [-0.4, -0.2) is 13.1 Å². The Kier molecular flexibility index (Phi) is 5.84. The fourth-order valence-electron chi connectivity index (χ4n) is 2.08. The monoisotopic (exact) mass is 368 g/mol. The predicted molar refractivity (Wildman–Crippen MR) is 99.3 cm³/mol. The third kappa shape index (κ3) is 4.34. The van der Waals surface area contributed by atoms with Crippen LogP contribution >= 0.6 is 35.0 Å². The molecule has 2 amide bonds. The molecule has 0 bridgehead atoms. The molecule has 2 aromatic carbocycles. The number of aryl methyl sites for hydroxylation is 3. The first-order chi connectivity index (χ1) is 10.8. The van der Waals surface area contributed by atoms with E-state index in [1.807, 2.05) is 0 Å². The van der Waals surface area contributed by atoms with E-state index in [1.54, 1.807) is 19.2 Å². The number of benzene rings is 2. The summed E-state index contributed by atoms with van der Waals surface area (Å²) in [5.41, 5.74) is 4.22. The Morgan fingerprint density at radius 3 is 2.09 bits per heavy atom. The molecule has 23 heavy (non-hydrogen) atoms. The van der Waals surface area contributed by atoms with Crippen molar-refractivity contribution in [2.24, 2.45) is 0 Å². The van der Waals surface area contributed by atoms with Crippen LogP contribution in [0.2, 0.25) is 10.0 Å². The molecule has 0 spiro atoms. The van der Waals surface area contributed by atoms with Crippen LogP contribution in [0.15, 0.2) is 34.1 Å². The number of hydrogen-bond acceptors (Lipinski definition) is 2. The minimum Gasteiger partial charge on any atom is -0.341 e. The predicted octanol–water partition coefficient (Wildman–Crippen LogP) is 5.82. The molecule has 0 heterocycles. The molecule has 122 valence electrons. The van der Waals surface area contributed by atoms with Crippen LogP contribution in [0.3, 0.4) is 0 Å². The highest BCUT2D eigenvalue weighted by Crippen LogP contribution is 2.42. The average Bonchev–Trinajstić information content (AvgIpc) is 2.47. The number of halogens is 2.